The molecule has 1 aliphatic heterocycles. The molecule has 2 unspecified atom stereocenters. The molecular formula is C18H31N3. The molecular weight excluding hydrogens is 258 g/mol. The number of aryl methyl sites for hydroxylation is 1. The first-order valence-electron chi connectivity index (χ1n) is 8.28. The molecule has 1 heterocycles. The van der Waals surface area contributed by atoms with E-state index in [9.17, 15) is 0 Å². The molecule has 1 saturated heterocycles. The van der Waals surface area contributed by atoms with Crippen LogP contribution >= 0.6 is 0 Å². The van der Waals surface area contributed by atoms with Crippen molar-refractivity contribution < 1.29 is 0 Å². The smallest absolute Gasteiger partial charge is 0.0376 e. The van der Waals surface area contributed by atoms with E-state index in [1.54, 1.807) is 0 Å². The lowest BCUT2D eigenvalue weighted by molar-refractivity contribution is 0.178. The van der Waals surface area contributed by atoms with Crippen molar-refractivity contribution in [2.24, 2.45) is 0 Å². The minimum absolute atomic E-state index is 0.517. The highest BCUT2D eigenvalue weighted by Gasteiger charge is 2.28. The van der Waals surface area contributed by atoms with E-state index in [1.165, 1.54) is 30.6 Å². The number of likely N-dealkylation sites (N-methyl/N-ethyl adjacent to an activating group) is 3. The van der Waals surface area contributed by atoms with Crippen molar-refractivity contribution in [1.29, 1.82) is 0 Å². The van der Waals surface area contributed by atoms with Crippen molar-refractivity contribution in [3.05, 3.63) is 35.4 Å². The maximum Gasteiger partial charge on any atom is 0.0376 e. The minimum Gasteiger partial charge on any atom is -0.312 e. The van der Waals surface area contributed by atoms with Gasteiger partial charge in [-0.3, -0.25) is 0 Å². The first-order valence-corrected chi connectivity index (χ1v) is 8.28. The molecule has 0 aromatic heterocycles. The third-order valence-corrected chi connectivity index (χ3v) is 4.62. The molecule has 2 atom stereocenters. The summed E-state index contributed by atoms with van der Waals surface area (Å²) in [7, 11) is 4.53. The summed E-state index contributed by atoms with van der Waals surface area (Å²) in [5.41, 5.74) is 2.77. The van der Waals surface area contributed by atoms with E-state index in [2.05, 4.69) is 67.3 Å². The highest BCUT2D eigenvalue weighted by molar-refractivity contribution is 5.22. The Labute approximate surface area is 130 Å². The maximum absolute atomic E-state index is 3.73. The summed E-state index contributed by atoms with van der Waals surface area (Å²) in [5.74, 6) is 0. The second-order valence-corrected chi connectivity index (χ2v) is 6.52. The highest BCUT2D eigenvalue weighted by atomic mass is 15.2. The van der Waals surface area contributed by atoms with E-state index in [-0.39, 0.29) is 0 Å². The van der Waals surface area contributed by atoms with Crippen molar-refractivity contribution in [2.45, 2.75) is 38.8 Å². The molecule has 3 nitrogen and oxygen atoms in total. The lowest BCUT2D eigenvalue weighted by Gasteiger charge is -2.35. The van der Waals surface area contributed by atoms with Gasteiger partial charge in [0.25, 0.3) is 0 Å². The van der Waals surface area contributed by atoms with E-state index >= 15 is 0 Å². The molecule has 0 aliphatic carbocycles. The fourth-order valence-electron chi connectivity index (χ4n) is 3.32. The molecule has 0 saturated carbocycles. The summed E-state index contributed by atoms with van der Waals surface area (Å²) in [4.78, 5) is 5.03. The van der Waals surface area contributed by atoms with Gasteiger partial charge in [-0.05, 0) is 59.1 Å². The molecule has 0 bridgehead atoms. The van der Waals surface area contributed by atoms with Gasteiger partial charge in [0.1, 0.15) is 0 Å². The summed E-state index contributed by atoms with van der Waals surface area (Å²) < 4.78 is 0. The third kappa shape index (κ3) is 4.80. The second kappa shape index (κ2) is 7.92. The van der Waals surface area contributed by atoms with E-state index in [0.29, 0.717) is 12.1 Å². The molecule has 21 heavy (non-hydrogen) atoms. The number of benzene rings is 1. The summed E-state index contributed by atoms with van der Waals surface area (Å²) in [6.45, 7) is 8.96. The van der Waals surface area contributed by atoms with Gasteiger partial charge < -0.3 is 15.1 Å². The van der Waals surface area contributed by atoms with Crippen LogP contribution in [0.3, 0.4) is 0 Å². The number of hydrogen-bond donors (Lipinski definition) is 1. The van der Waals surface area contributed by atoms with Crippen LogP contribution in [0.5, 0.6) is 0 Å². The van der Waals surface area contributed by atoms with Gasteiger partial charge in [-0.15, -0.1) is 0 Å². The quantitative estimate of drug-likeness (QED) is 0.896. The Hall–Kier alpha value is -0.900. The van der Waals surface area contributed by atoms with Gasteiger partial charge in [-0.2, -0.15) is 0 Å². The molecule has 2 rings (SSSR count). The predicted octanol–water partition coefficient (Wildman–Crippen LogP) is 2.15. The summed E-state index contributed by atoms with van der Waals surface area (Å²) in [5, 5.41) is 3.73. The van der Waals surface area contributed by atoms with Gasteiger partial charge in [0.15, 0.2) is 0 Å². The molecule has 1 aromatic carbocycles. The summed E-state index contributed by atoms with van der Waals surface area (Å²) >= 11 is 0. The molecule has 1 N–H and O–H groups in total. The molecule has 118 valence electrons. The number of rotatable bonds is 5. The number of nitrogens with one attached hydrogen (secondary N) is 1. The van der Waals surface area contributed by atoms with E-state index < -0.39 is 0 Å². The van der Waals surface area contributed by atoms with Gasteiger partial charge >= 0.3 is 0 Å². The summed E-state index contributed by atoms with van der Waals surface area (Å²) in [6.07, 6.45) is 2.38. The second-order valence-electron chi connectivity index (χ2n) is 6.52. The van der Waals surface area contributed by atoms with Gasteiger partial charge in [0.05, 0.1) is 0 Å². The first-order chi connectivity index (χ1) is 10.1. The monoisotopic (exact) mass is 289 g/mol. The predicted molar refractivity (Wildman–Crippen MR) is 90.9 cm³/mol. The topological polar surface area (TPSA) is 18.5 Å². The van der Waals surface area contributed by atoms with Crippen LogP contribution in [0.2, 0.25) is 0 Å². The zero-order valence-electron chi connectivity index (χ0n) is 14.1. The Bertz CT molecular complexity index is 415. The van der Waals surface area contributed by atoms with Gasteiger partial charge in [-0.25, -0.2) is 0 Å². The molecule has 1 fully saturated rings. The molecule has 0 radical (unpaired) electrons. The van der Waals surface area contributed by atoms with Gasteiger partial charge in [-0.1, -0.05) is 36.8 Å². The maximum atomic E-state index is 3.73. The molecule has 3 heteroatoms. The largest absolute Gasteiger partial charge is 0.312 e. The van der Waals surface area contributed by atoms with Crippen LogP contribution < -0.4 is 5.32 Å². The van der Waals surface area contributed by atoms with E-state index in [0.717, 1.165) is 19.5 Å². The van der Waals surface area contributed by atoms with Crippen LogP contribution in [0.15, 0.2) is 24.3 Å². The highest BCUT2D eigenvalue weighted by Crippen LogP contribution is 2.15. The Morgan fingerprint density at radius 1 is 1.19 bits per heavy atom. The molecule has 1 aromatic rings. The van der Waals surface area contributed by atoms with Crippen molar-refractivity contribution in [3.8, 4) is 0 Å². The van der Waals surface area contributed by atoms with Crippen LogP contribution in [0.1, 0.15) is 24.5 Å². The standard InChI is InChI=1S/C18H31N3/c1-5-19-17(13-16-9-7-15(2)8-10-16)18-14-20(3)11-6-12-21(18)4/h7-10,17-19H,5-6,11-14H2,1-4H3. The van der Waals surface area contributed by atoms with Crippen molar-refractivity contribution in [2.75, 3.05) is 40.3 Å². The lowest BCUT2D eigenvalue weighted by atomic mass is 9.97. The van der Waals surface area contributed by atoms with Crippen LogP contribution in [0, 0.1) is 6.92 Å². The van der Waals surface area contributed by atoms with E-state index in [1.807, 2.05) is 0 Å². The number of hydrogen-bond acceptors (Lipinski definition) is 3. The fraction of sp³-hybridized carbons (Fsp3) is 0.667. The first kappa shape index (κ1) is 16.5. The average molecular weight is 289 g/mol. The Morgan fingerprint density at radius 3 is 2.57 bits per heavy atom. The van der Waals surface area contributed by atoms with Crippen molar-refractivity contribution >= 4 is 0 Å². The van der Waals surface area contributed by atoms with Crippen molar-refractivity contribution in [1.82, 2.24) is 15.1 Å². The zero-order chi connectivity index (χ0) is 15.2. The SMILES string of the molecule is CCNC(Cc1ccc(C)cc1)C1CN(C)CCCN1C. The molecule has 1 aliphatic rings. The normalized spacial score (nSPS) is 23.0. The van der Waals surface area contributed by atoms with Gasteiger partial charge in [0.2, 0.25) is 0 Å². The minimum atomic E-state index is 0.517. The van der Waals surface area contributed by atoms with Gasteiger partial charge in [0, 0.05) is 18.6 Å². The average Bonchev–Trinajstić information content (AvgIpc) is 2.62. The zero-order valence-corrected chi connectivity index (χ0v) is 14.1. The van der Waals surface area contributed by atoms with Crippen LogP contribution in [-0.4, -0.2) is 62.2 Å². The summed E-state index contributed by atoms with van der Waals surface area (Å²) in [6, 6.07) is 10.1. The molecule has 0 spiro atoms. The van der Waals surface area contributed by atoms with Crippen LogP contribution in [-0.2, 0) is 6.42 Å². The van der Waals surface area contributed by atoms with E-state index in [4.69, 9.17) is 0 Å². The Balaban J connectivity index is 2.10. The third-order valence-electron chi connectivity index (χ3n) is 4.62. The Morgan fingerprint density at radius 2 is 1.90 bits per heavy atom. The van der Waals surface area contributed by atoms with Crippen LogP contribution in [0.4, 0.5) is 0 Å². The fourth-order valence-corrected chi connectivity index (χ4v) is 3.32. The van der Waals surface area contributed by atoms with Crippen LogP contribution in [0.25, 0.3) is 0 Å². The lowest BCUT2D eigenvalue weighted by Crippen LogP contribution is -2.53. The Kier molecular flexibility index (Phi) is 6.22. The molecule has 0 amide bonds. The van der Waals surface area contributed by atoms with Crippen molar-refractivity contribution in [3.63, 3.8) is 0 Å². The number of nitrogens with zero attached hydrogens (tertiary/aromatic N) is 2.